The summed E-state index contributed by atoms with van der Waals surface area (Å²) in [6, 6.07) is 4.42. The Balaban J connectivity index is 1.81. The van der Waals surface area contributed by atoms with Gasteiger partial charge in [-0.05, 0) is 18.6 Å². The normalized spacial score (nSPS) is 28.7. The van der Waals surface area contributed by atoms with Crippen molar-refractivity contribution in [2.75, 3.05) is 18.1 Å². The number of alkyl halides is 1. The van der Waals surface area contributed by atoms with Crippen molar-refractivity contribution < 1.29 is 4.74 Å². The molecule has 1 aromatic heterocycles. The van der Waals surface area contributed by atoms with E-state index in [2.05, 4.69) is 15.1 Å². The van der Waals surface area contributed by atoms with E-state index in [0.717, 1.165) is 31.1 Å². The van der Waals surface area contributed by atoms with Crippen LogP contribution in [0.1, 0.15) is 12.1 Å². The van der Waals surface area contributed by atoms with Crippen LogP contribution in [0, 0.1) is 0 Å². The van der Waals surface area contributed by atoms with Crippen molar-refractivity contribution in [1.29, 1.82) is 0 Å². The highest BCUT2D eigenvalue weighted by atomic mass is 35.5. The number of nitrogens with zero attached hydrogens (tertiary/aromatic N) is 3. The number of hydrogen-bond donors (Lipinski definition) is 0. The van der Waals surface area contributed by atoms with E-state index in [1.807, 2.05) is 12.1 Å². The SMILES string of the molecule is ClCc1ccc(N2CC3CC2CO3)nn1. The van der Waals surface area contributed by atoms with Crippen LogP contribution in [0.3, 0.4) is 0 Å². The van der Waals surface area contributed by atoms with Crippen molar-refractivity contribution in [3.8, 4) is 0 Å². The Bertz CT molecular complexity index is 356. The lowest BCUT2D eigenvalue weighted by molar-refractivity contribution is 0.0988. The van der Waals surface area contributed by atoms with Gasteiger partial charge in [0.15, 0.2) is 5.82 Å². The van der Waals surface area contributed by atoms with Crippen LogP contribution in [0.15, 0.2) is 12.1 Å². The molecule has 0 spiro atoms. The molecule has 0 saturated carbocycles. The summed E-state index contributed by atoms with van der Waals surface area (Å²) in [7, 11) is 0. The summed E-state index contributed by atoms with van der Waals surface area (Å²) in [5.41, 5.74) is 0.820. The lowest BCUT2D eigenvalue weighted by Gasteiger charge is -2.27. The van der Waals surface area contributed by atoms with Gasteiger partial charge < -0.3 is 9.64 Å². The number of morpholine rings is 1. The van der Waals surface area contributed by atoms with Crippen LogP contribution in [-0.2, 0) is 10.6 Å². The van der Waals surface area contributed by atoms with E-state index in [9.17, 15) is 0 Å². The lowest BCUT2D eigenvalue weighted by Crippen LogP contribution is -2.37. The fourth-order valence-electron chi connectivity index (χ4n) is 2.26. The van der Waals surface area contributed by atoms with Gasteiger partial charge in [0.2, 0.25) is 0 Å². The summed E-state index contributed by atoms with van der Waals surface area (Å²) in [5, 5.41) is 8.25. The van der Waals surface area contributed by atoms with Gasteiger partial charge in [-0.25, -0.2) is 0 Å². The van der Waals surface area contributed by atoms with E-state index in [0.29, 0.717) is 18.0 Å². The summed E-state index contributed by atoms with van der Waals surface area (Å²) < 4.78 is 5.54. The van der Waals surface area contributed by atoms with Gasteiger partial charge in [0.1, 0.15) is 0 Å². The van der Waals surface area contributed by atoms with Gasteiger partial charge in [0.05, 0.1) is 30.3 Å². The Kier molecular flexibility index (Phi) is 2.25. The average Bonchev–Trinajstić information content (AvgIpc) is 2.91. The van der Waals surface area contributed by atoms with Crippen molar-refractivity contribution in [2.24, 2.45) is 0 Å². The first-order chi connectivity index (χ1) is 7.36. The van der Waals surface area contributed by atoms with E-state index in [-0.39, 0.29) is 0 Å². The molecule has 3 heterocycles. The number of anilines is 1. The summed E-state index contributed by atoms with van der Waals surface area (Å²) in [6.45, 7) is 1.77. The van der Waals surface area contributed by atoms with E-state index < -0.39 is 0 Å². The molecule has 5 heteroatoms. The zero-order valence-electron chi connectivity index (χ0n) is 8.27. The fraction of sp³-hybridized carbons (Fsp3) is 0.600. The first-order valence-corrected chi connectivity index (χ1v) is 5.67. The van der Waals surface area contributed by atoms with Crippen LogP contribution in [0.25, 0.3) is 0 Å². The maximum Gasteiger partial charge on any atom is 0.151 e. The maximum atomic E-state index is 5.67. The summed E-state index contributed by atoms with van der Waals surface area (Å²) in [4.78, 5) is 2.28. The molecule has 2 fully saturated rings. The molecular weight excluding hydrogens is 214 g/mol. The summed E-state index contributed by atoms with van der Waals surface area (Å²) in [5.74, 6) is 1.36. The lowest BCUT2D eigenvalue weighted by atomic mass is 10.2. The Morgan fingerprint density at radius 3 is 2.93 bits per heavy atom. The molecule has 0 amide bonds. The molecule has 0 aliphatic carbocycles. The number of halogens is 1. The molecule has 3 rings (SSSR count). The molecule has 4 nitrogen and oxygen atoms in total. The van der Waals surface area contributed by atoms with Crippen molar-refractivity contribution in [1.82, 2.24) is 10.2 Å². The Morgan fingerprint density at radius 1 is 1.47 bits per heavy atom. The van der Waals surface area contributed by atoms with Crippen LogP contribution in [0.2, 0.25) is 0 Å². The molecule has 2 aliphatic rings. The first-order valence-electron chi connectivity index (χ1n) is 5.13. The zero-order valence-corrected chi connectivity index (χ0v) is 9.02. The number of aromatic nitrogens is 2. The van der Waals surface area contributed by atoms with E-state index in [1.54, 1.807) is 0 Å². The predicted molar refractivity (Wildman–Crippen MR) is 57.1 cm³/mol. The molecule has 80 valence electrons. The van der Waals surface area contributed by atoms with Gasteiger partial charge in [-0.2, -0.15) is 5.10 Å². The van der Waals surface area contributed by atoms with Crippen LogP contribution in [-0.4, -0.2) is 35.5 Å². The van der Waals surface area contributed by atoms with Crippen LogP contribution >= 0.6 is 11.6 Å². The zero-order chi connectivity index (χ0) is 10.3. The van der Waals surface area contributed by atoms with Crippen LogP contribution in [0.4, 0.5) is 5.82 Å². The van der Waals surface area contributed by atoms with Crippen LogP contribution in [0.5, 0.6) is 0 Å². The highest BCUT2D eigenvalue weighted by molar-refractivity contribution is 6.16. The van der Waals surface area contributed by atoms with Crippen molar-refractivity contribution in [3.63, 3.8) is 0 Å². The largest absolute Gasteiger partial charge is 0.374 e. The standard InChI is InChI=1S/C10H12ClN3O/c11-4-7-1-2-10(13-12-7)14-5-9-3-8(14)6-15-9/h1-2,8-9H,3-6H2. The van der Waals surface area contributed by atoms with Gasteiger partial charge in [0.25, 0.3) is 0 Å². The second kappa shape index (κ2) is 3.61. The number of fused-ring (bicyclic) bond motifs is 2. The molecule has 2 bridgehead atoms. The summed E-state index contributed by atoms with van der Waals surface area (Å²) in [6.07, 6.45) is 1.52. The number of hydrogen-bond acceptors (Lipinski definition) is 4. The van der Waals surface area contributed by atoms with E-state index in [1.165, 1.54) is 0 Å². The molecule has 0 radical (unpaired) electrons. The van der Waals surface area contributed by atoms with Gasteiger partial charge >= 0.3 is 0 Å². The first kappa shape index (κ1) is 9.36. The molecule has 2 unspecified atom stereocenters. The average molecular weight is 226 g/mol. The van der Waals surface area contributed by atoms with Crippen molar-refractivity contribution >= 4 is 17.4 Å². The fourth-order valence-corrected chi connectivity index (χ4v) is 2.40. The minimum absolute atomic E-state index is 0.393. The maximum absolute atomic E-state index is 5.67. The Labute approximate surface area is 93.2 Å². The van der Waals surface area contributed by atoms with Gasteiger partial charge in [0, 0.05) is 6.54 Å². The molecule has 2 aliphatic heterocycles. The Hall–Kier alpha value is -0.870. The number of ether oxygens (including phenoxy) is 1. The second-order valence-corrected chi connectivity index (χ2v) is 4.28. The predicted octanol–water partition coefficient (Wildman–Crippen LogP) is 1.19. The molecule has 1 aromatic rings. The third-order valence-corrected chi connectivity index (χ3v) is 3.31. The van der Waals surface area contributed by atoms with E-state index in [4.69, 9.17) is 16.3 Å². The second-order valence-electron chi connectivity index (χ2n) is 4.01. The molecule has 2 atom stereocenters. The highest BCUT2D eigenvalue weighted by Crippen LogP contribution is 2.30. The quantitative estimate of drug-likeness (QED) is 0.709. The van der Waals surface area contributed by atoms with E-state index >= 15 is 0 Å². The van der Waals surface area contributed by atoms with Crippen molar-refractivity contribution in [2.45, 2.75) is 24.4 Å². The minimum Gasteiger partial charge on any atom is -0.374 e. The molecule has 15 heavy (non-hydrogen) atoms. The molecule has 0 aromatic carbocycles. The minimum atomic E-state index is 0.393. The van der Waals surface area contributed by atoms with Gasteiger partial charge in [-0.15, -0.1) is 16.7 Å². The summed E-state index contributed by atoms with van der Waals surface area (Å²) >= 11 is 5.67. The highest BCUT2D eigenvalue weighted by Gasteiger charge is 2.39. The number of rotatable bonds is 2. The molecule has 2 saturated heterocycles. The molecule has 0 N–H and O–H groups in total. The topological polar surface area (TPSA) is 38.2 Å². The third kappa shape index (κ3) is 1.58. The van der Waals surface area contributed by atoms with Crippen molar-refractivity contribution in [3.05, 3.63) is 17.8 Å². The molecular formula is C10H12ClN3O. The third-order valence-electron chi connectivity index (χ3n) is 3.04. The Morgan fingerprint density at radius 2 is 2.40 bits per heavy atom. The van der Waals surface area contributed by atoms with Crippen LogP contribution < -0.4 is 4.90 Å². The monoisotopic (exact) mass is 225 g/mol. The van der Waals surface area contributed by atoms with Gasteiger partial charge in [-0.1, -0.05) is 0 Å². The van der Waals surface area contributed by atoms with Gasteiger partial charge in [-0.3, -0.25) is 0 Å². The smallest absolute Gasteiger partial charge is 0.151 e.